The number of aromatic nitrogens is 2. The van der Waals surface area contributed by atoms with E-state index in [-0.39, 0.29) is 11.8 Å². The number of carbonyl (C=O) groups is 2. The highest BCUT2D eigenvalue weighted by molar-refractivity contribution is 5.96. The maximum Gasteiger partial charge on any atom is 0.272 e. The molecule has 1 saturated heterocycles. The Morgan fingerprint density at radius 3 is 2.50 bits per heavy atom. The number of nitrogens with one attached hydrogen (secondary N) is 2. The topological polar surface area (TPSA) is 90.5 Å². The van der Waals surface area contributed by atoms with E-state index < -0.39 is 0 Å². The van der Waals surface area contributed by atoms with E-state index >= 15 is 0 Å². The summed E-state index contributed by atoms with van der Waals surface area (Å²) in [5, 5.41) is 6.19. The summed E-state index contributed by atoms with van der Waals surface area (Å²) in [6.45, 7) is 10.2. The standard InChI is InChI=1S/C22H30N6O2/c1-4-23-18-6-5-9-24-20(18)27-10-12-28(13-11-27)22(30)19-8-7-17(15-25-19)21(29)26-14-16(2)3/h5-9,15-16,23H,4,10-14H2,1-3H3,(H,26,29). The van der Waals surface area contributed by atoms with Crippen molar-refractivity contribution in [3.05, 3.63) is 47.9 Å². The first kappa shape index (κ1) is 21.5. The molecule has 2 amide bonds. The summed E-state index contributed by atoms with van der Waals surface area (Å²) in [6, 6.07) is 7.22. The van der Waals surface area contributed by atoms with Crippen molar-refractivity contribution in [1.29, 1.82) is 0 Å². The van der Waals surface area contributed by atoms with Crippen molar-refractivity contribution in [3.8, 4) is 0 Å². The second-order valence-electron chi connectivity index (χ2n) is 7.72. The van der Waals surface area contributed by atoms with E-state index in [2.05, 4.69) is 32.4 Å². The summed E-state index contributed by atoms with van der Waals surface area (Å²) < 4.78 is 0. The van der Waals surface area contributed by atoms with Gasteiger partial charge in [-0.2, -0.15) is 0 Å². The van der Waals surface area contributed by atoms with Crippen LogP contribution < -0.4 is 15.5 Å². The Balaban J connectivity index is 1.58. The SMILES string of the molecule is CCNc1cccnc1N1CCN(C(=O)c2ccc(C(=O)NCC(C)C)cn2)CC1. The van der Waals surface area contributed by atoms with E-state index in [4.69, 9.17) is 0 Å². The van der Waals surface area contributed by atoms with E-state index in [1.54, 1.807) is 23.2 Å². The van der Waals surface area contributed by atoms with Crippen LogP contribution in [0.25, 0.3) is 0 Å². The minimum atomic E-state index is -0.171. The fourth-order valence-electron chi connectivity index (χ4n) is 3.31. The van der Waals surface area contributed by atoms with Crippen molar-refractivity contribution in [3.63, 3.8) is 0 Å². The predicted molar refractivity (Wildman–Crippen MR) is 118 cm³/mol. The molecule has 2 N–H and O–H groups in total. The second kappa shape index (κ2) is 10.0. The molecule has 30 heavy (non-hydrogen) atoms. The van der Waals surface area contributed by atoms with Crippen LogP contribution in [0.2, 0.25) is 0 Å². The zero-order valence-corrected chi connectivity index (χ0v) is 17.9. The number of piperazine rings is 1. The third-order valence-electron chi connectivity index (χ3n) is 4.94. The van der Waals surface area contributed by atoms with Crippen molar-refractivity contribution in [2.24, 2.45) is 5.92 Å². The molecule has 1 aliphatic heterocycles. The highest BCUT2D eigenvalue weighted by atomic mass is 16.2. The molecule has 0 atom stereocenters. The van der Waals surface area contributed by atoms with Gasteiger partial charge in [-0.15, -0.1) is 0 Å². The van der Waals surface area contributed by atoms with Gasteiger partial charge in [0.05, 0.1) is 11.3 Å². The summed E-state index contributed by atoms with van der Waals surface area (Å²) in [5.74, 6) is 1.01. The van der Waals surface area contributed by atoms with Gasteiger partial charge in [0.15, 0.2) is 5.82 Å². The molecule has 0 aromatic carbocycles. The van der Waals surface area contributed by atoms with Crippen molar-refractivity contribution in [2.45, 2.75) is 20.8 Å². The quantitative estimate of drug-likeness (QED) is 0.728. The molecule has 1 aliphatic rings. The molecular formula is C22H30N6O2. The molecule has 0 radical (unpaired) electrons. The van der Waals surface area contributed by atoms with Crippen LogP contribution in [-0.4, -0.2) is 66.0 Å². The number of amides is 2. The molecule has 3 heterocycles. The molecule has 8 heteroatoms. The highest BCUT2D eigenvalue weighted by Crippen LogP contribution is 2.24. The van der Waals surface area contributed by atoms with Crippen LogP contribution in [0.4, 0.5) is 11.5 Å². The van der Waals surface area contributed by atoms with Crippen LogP contribution in [0.15, 0.2) is 36.7 Å². The van der Waals surface area contributed by atoms with Crippen LogP contribution in [0.5, 0.6) is 0 Å². The molecule has 0 spiro atoms. The minimum Gasteiger partial charge on any atom is -0.382 e. The molecule has 2 aromatic heterocycles. The maximum absolute atomic E-state index is 12.8. The van der Waals surface area contributed by atoms with Crippen molar-refractivity contribution in [1.82, 2.24) is 20.2 Å². The van der Waals surface area contributed by atoms with Crippen molar-refractivity contribution < 1.29 is 9.59 Å². The van der Waals surface area contributed by atoms with Crippen molar-refractivity contribution in [2.75, 3.05) is 49.5 Å². The van der Waals surface area contributed by atoms with Crippen molar-refractivity contribution >= 4 is 23.3 Å². The lowest BCUT2D eigenvalue weighted by Gasteiger charge is -2.36. The highest BCUT2D eigenvalue weighted by Gasteiger charge is 2.25. The van der Waals surface area contributed by atoms with Gasteiger partial charge in [0.2, 0.25) is 0 Å². The average molecular weight is 411 g/mol. The Morgan fingerprint density at radius 2 is 1.87 bits per heavy atom. The van der Waals surface area contributed by atoms with Gasteiger partial charge in [0.25, 0.3) is 11.8 Å². The molecule has 0 saturated carbocycles. The summed E-state index contributed by atoms with van der Waals surface area (Å²) in [7, 11) is 0. The lowest BCUT2D eigenvalue weighted by atomic mass is 10.2. The zero-order chi connectivity index (χ0) is 21.5. The number of hydrogen-bond donors (Lipinski definition) is 2. The van der Waals surface area contributed by atoms with Gasteiger partial charge in [0, 0.05) is 51.7 Å². The smallest absolute Gasteiger partial charge is 0.272 e. The zero-order valence-electron chi connectivity index (χ0n) is 17.9. The number of pyridine rings is 2. The van der Waals surface area contributed by atoms with Gasteiger partial charge in [-0.1, -0.05) is 13.8 Å². The molecule has 0 unspecified atom stereocenters. The summed E-state index contributed by atoms with van der Waals surface area (Å²) in [5.41, 5.74) is 1.82. The maximum atomic E-state index is 12.8. The molecular weight excluding hydrogens is 380 g/mol. The first-order chi connectivity index (χ1) is 14.5. The number of rotatable bonds is 7. The van der Waals surface area contributed by atoms with E-state index in [9.17, 15) is 9.59 Å². The van der Waals surface area contributed by atoms with Crippen LogP contribution in [-0.2, 0) is 0 Å². The minimum absolute atomic E-state index is 0.114. The number of carbonyl (C=O) groups excluding carboxylic acids is 2. The van der Waals surface area contributed by atoms with E-state index in [0.29, 0.717) is 49.9 Å². The Bertz CT molecular complexity index is 860. The second-order valence-corrected chi connectivity index (χ2v) is 7.72. The largest absolute Gasteiger partial charge is 0.382 e. The normalized spacial score (nSPS) is 14.0. The van der Waals surface area contributed by atoms with E-state index in [1.807, 2.05) is 26.0 Å². The molecule has 0 bridgehead atoms. The predicted octanol–water partition coefficient (Wildman–Crippen LogP) is 2.26. The average Bonchev–Trinajstić information content (AvgIpc) is 2.78. The fraction of sp³-hybridized carbons (Fsp3) is 0.455. The van der Waals surface area contributed by atoms with Gasteiger partial charge in [-0.3, -0.25) is 14.6 Å². The molecule has 0 aliphatic carbocycles. The number of anilines is 2. The lowest BCUT2D eigenvalue weighted by Crippen LogP contribution is -2.49. The first-order valence-corrected chi connectivity index (χ1v) is 10.5. The molecule has 8 nitrogen and oxygen atoms in total. The van der Waals surface area contributed by atoms with Gasteiger partial charge < -0.3 is 20.4 Å². The van der Waals surface area contributed by atoms with Gasteiger partial charge >= 0.3 is 0 Å². The Hall–Kier alpha value is -3.16. The monoisotopic (exact) mass is 410 g/mol. The first-order valence-electron chi connectivity index (χ1n) is 10.5. The Kier molecular flexibility index (Phi) is 7.21. The lowest BCUT2D eigenvalue weighted by molar-refractivity contribution is 0.0740. The van der Waals surface area contributed by atoms with Crippen LogP contribution in [0.1, 0.15) is 41.6 Å². The van der Waals surface area contributed by atoms with E-state index in [1.165, 1.54) is 6.20 Å². The molecule has 160 valence electrons. The summed E-state index contributed by atoms with van der Waals surface area (Å²) >= 11 is 0. The number of hydrogen-bond acceptors (Lipinski definition) is 6. The van der Waals surface area contributed by atoms with Gasteiger partial charge in [-0.05, 0) is 37.1 Å². The third-order valence-corrected chi connectivity index (χ3v) is 4.94. The number of nitrogens with zero attached hydrogens (tertiary/aromatic N) is 4. The molecule has 1 fully saturated rings. The molecule has 2 aromatic rings. The van der Waals surface area contributed by atoms with Crippen LogP contribution in [0, 0.1) is 5.92 Å². The third kappa shape index (κ3) is 5.25. The van der Waals surface area contributed by atoms with Gasteiger partial charge in [-0.25, -0.2) is 4.98 Å². The fourth-order valence-corrected chi connectivity index (χ4v) is 3.31. The van der Waals surface area contributed by atoms with E-state index in [0.717, 1.165) is 18.1 Å². The summed E-state index contributed by atoms with van der Waals surface area (Å²) in [6.07, 6.45) is 3.26. The van der Waals surface area contributed by atoms with Gasteiger partial charge in [0.1, 0.15) is 5.69 Å². The van der Waals surface area contributed by atoms with Crippen LogP contribution in [0.3, 0.4) is 0 Å². The Morgan fingerprint density at radius 1 is 1.10 bits per heavy atom. The van der Waals surface area contributed by atoms with Crippen LogP contribution >= 0.6 is 0 Å². The summed E-state index contributed by atoms with van der Waals surface area (Å²) in [4.78, 5) is 37.7. The Labute approximate surface area is 177 Å². The molecule has 3 rings (SSSR count).